The molecule has 96 valence electrons. The van der Waals surface area contributed by atoms with Gasteiger partial charge in [-0.05, 0) is 43.4 Å². The fourth-order valence-electron chi connectivity index (χ4n) is 1.06. The first-order chi connectivity index (χ1) is 8.50. The molecule has 1 rings (SSSR count). The van der Waals surface area contributed by atoms with Gasteiger partial charge in [0.1, 0.15) is 13.2 Å². The second-order valence-corrected chi connectivity index (χ2v) is 4.37. The van der Waals surface area contributed by atoms with Crippen LogP contribution < -0.4 is 0 Å². The Morgan fingerprint density at radius 1 is 1.28 bits per heavy atom. The zero-order valence-electron chi connectivity index (χ0n) is 9.94. The van der Waals surface area contributed by atoms with Crippen LogP contribution >= 0.6 is 23.8 Å². The van der Waals surface area contributed by atoms with Crippen molar-refractivity contribution < 1.29 is 14.3 Å². The summed E-state index contributed by atoms with van der Waals surface area (Å²) >= 11 is 10.8. The van der Waals surface area contributed by atoms with E-state index in [0.29, 0.717) is 15.6 Å². The number of carbonyl (C=O) groups is 1. The zero-order chi connectivity index (χ0) is 13.5. The number of benzene rings is 1. The minimum Gasteiger partial charge on any atom is -0.479 e. The van der Waals surface area contributed by atoms with Gasteiger partial charge in [0.25, 0.3) is 0 Å². The Hall–Kier alpha value is -1.39. The van der Waals surface area contributed by atoms with Gasteiger partial charge in [-0.25, -0.2) is 4.79 Å². The maximum atomic E-state index is 11.1. The van der Waals surface area contributed by atoms with Crippen LogP contribution in [0.15, 0.2) is 36.4 Å². The second-order valence-electron chi connectivity index (χ2n) is 3.56. The predicted molar refractivity (Wildman–Crippen MR) is 74.9 cm³/mol. The lowest BCUT2D eigenvalue weighted by Gasteiger charge is -2.08. The van der Waals surface area contributed by atoms with Gasteiger partial charge in [-0.1, -0.05) is 18.2 Å². The smallest absolute Gasteiger partial charge is 0.333 e. The molecule has 0 aliphatic rings. The monoisotopic (exact) mass is 284 g/mol. The SMILES string of the molecule is C=C(C)C(=O)OCCOC(=S)c1ccc(Cl)cc1. The molecule has 0 spiro atoms. The highest BCUT2D eigenvalue weighted by atomic mass is 35.5. The van der Waals surface area contributed by atoms with Crippen LogP contribution in [-0.4, -0.2) is 24.2 Å². The second kappa shape index (κ2) is 7.13. The predicted octanol–water partition coefficient (Wildman–Crippen LogP) is 3.15. The standard InChI is InChI=1S/C13H13ClO3S/c1-9(2)12(15)16-7-8-17-13(18)10-3-5-11(14)6-4-10/h3-6H,1,7-8H2,2H3. The highest BCUT2D eigenvalue weighted by molar-refractivity contribution is 7.80. The van der Waals surface area contributed by atoms with Crippen molar-refractivity contribution in [3.8, 4) is 0 Å². The van der Waals surface area contributed by atoms with Crippen molar-refractivity contribution in [2.75, 3.05) is 13.2 Å². The Bertz CT molecular complexity index is 454. The Morgan fingerprint density at radius 2 is 1.83 bits per heavy atom. The Kier molecular flexibility index (Phi) is 5.82. The highest BCUT2D eigenvalue weighted by Crippen LogP contribution is 2.11. The molecule has 0 radical (unpaired) electrons. The van der Waals surface area contributed by atoms with Crippen molar-refractivity contribution in [2.24, 2.45) is 0 Å². The van der Waals surface area contributed by atoms with E-state index in [0.717, 1.165) is 5.56 Å². The summed E-state index contributed by atoms with van der Waals surface area (Å²) in [7, 11) is 0. The van der Waals surface area contributed by atoms with Crippen LogP contribution in [0.5, 0.6) is 0 Å². The molecule has 0 amide bonds. The maximum absolute atomic E-state index is 11.1. The third-order valence-electron chi connectivity index (χ3n) is 1.98. The van der Waals surface area contributed by atoms with Gasteiger partial charge in [-0.15, -0.1) is 0 Å². The molecular formula is C13H13ClO3S. The Morgan fingerprint density at radius 3 is 2.39 bits per heavy atom. The van der Waals surface area contributed by atoms with Crippen molar-refractivity contribution >= 4 is 34.8 Å². The van der Waals surface area contributed by atoms with E-state index < -0.39 is 5.97 Å². The fraction of sp³-hybridized carbons (Fsp3) is 0.231. The van der Waals surface area contributed by atoms with E-state index in [-0.39, 0.29) is 13.2 Å². The summed E-state index contributed by atoms with van der Waals surface area (Å²) in [6.07, 6.45) is 0. The molecular weight excluding hydrogens is 272 g/mol. The lowest BCUT2D eigenvalue weighted by Crippen LogP contribution is -2.13. The molecule has 0 heterocycles. The highest BCUT2D eigenvalue weighted by Gasteiger charge is 2.05. The lowest BCUT2D eigenvalue weighted by atomic mass is 10.2. The summed E-state index contributed by atoms with van der Waals surface area (Å²) < 4.78 is 10.1. The van der Waals surface area contributed by atoms with E-state index in [1.54, 1.807) is 31.2 Å². The third-order valence-corrected chi connectivity index (χ3v) is 2.58. The summed E-state index contributed by atoms with van der Waals surface area (Å²) in [4.78, 5) is 11.1. The van der Waals surface area contributed by atoms with Gasteiger partial charge < -0.3 is 9.47 Å². The molecule has 0 saturated heterocycles. The number of thiocarbonyl (C=S) groups is 1. The average Bonchev–Trinajstić information content (AvgIpc) is 2.34. The quantitative estimate of drug-likeness (QED) is 0.360. The zero-order valence-corrected chi connectivity index (χ0v) is 11.5. The van der Waals surface area contributed by atoms with E-state index in [9.17, 15) is 4.79 Å². The van der Waals surface area contributed by atoms with Gasteiger partial charge in [-0.3, -0.25) is 0 Å². The largest absolute Gasteiger partial charge is 0.479 e. The molecule has 18 heavy (non-hydrogen) atoms. The van der Waals surface area contributed by atoms with Gasteiger partial charge in [0.15, 0.2) is 5.05 Å². The van der Waals surface area contributed by atoms with Crippen LogP contribution in [0, 0.1) is 0 Å². The van der Waals surface area contributed by atoms with Gasteiger partial charge in [0.05, 0.1) is 0 Å². The topological polar surface area (TPSA) is 35.5 Å². The first kappa shape index (κ1) is 14.7. The van der Waals surface area contributed by atoms with Crippen molar-refractivity contribution in [1.82, 2.24) is 0 Å². The summed E-state index contributed by atoms with van der Waals surface area (Å²) in [6.45, 7) is 5.40. The number of hydrogen-bond acceptors (Lipinski definition) is 4. The van der Waals surface area contributed by atoms with E-state index in [4.69, 9.17) is 33.3 Å². The fourth-order valence-corrected chi connectivity index (χ4v) is 1.41. The van der Waals surface area contributed by atoms with Crippen LogP contribution in [0.25, 0.3) is 0 Å². The first-order valence-electron chi connectivity index (χ1n) is 5.26. The Balaban J connectivity index is 2.32. The van der Waals surface area contributed by atoms with Crippen molar-refractivity contribution in [2.45, 2.75) is 6.92 Å². The van der Waals surface area contributed by atoms with Gasteiger partial charge in [-0.2, -0.15) is 0 Å². The average molecular weight is 285 g/mol. The van der Waals surface area contributed by atoms with Crippen LogP contribution in [0.2, 0.25) is 5.02 Å². The number of hydrogen-bond donors (Lipinski definition) is 0. The van der Waals surface area contributed by atoms with Gasteiger partial charge in [0.2, 0.25) is 0 Å². The van der Waals surface area contributed by atoms with Crippen LogP contribution in [-0.2, 0) is 14.3 Å². The van der Waals surface area contributed by atoms with Gasteiger partial charge in [0, 0.05) is 16.2 Å². The molecule has 0 unspecified atom stereocenters. The molecule has 0 N–H and O–H groups in total. The molecule has 0 atom stereocenters. The maximum Gasteiger partial charge on any atom is 0.333 e. The van der Waals surface area contributed by atoms with Crippen molar-refractivity contribution in [3.05, 3.63) is 47.0 Å². The third kappa shape index (κ3) is 4.85. The molecule has 0 bridgehead atoms. The molecule has 0 aliphatic heterocycles. The molecule has 0 fully saturated rings. The summed E-state index contributed by atoms with van der Waals surface area (Å²) in [5.74, 6) is -0.434. The number of carbonyl (C=O) groups excluding carboxylic acids is 1. The number of esters is 1. The first-order valence-corrected chi connectivity index (χ1v) is 6.04. The van der Waals surface area contributed by atoms with Gasteiger partial charge >= 0.3 is 5.97 Å². The molecule has 1 aromatic rings. The molecule has 5 heteroatoms. The minimum absolute atomic E-state index is 0.138. The van der Waals surface area contributed by atoms with Crippen LogP contribution in [0.3, 0.4) is 0 Å². The molecule has 0 aromatic heterocycles. The normalized spacial score (nSPS) is 9.67. The summed E-state index contributed by atoms with van der Waals surface area (Å²) in [5.41, 5.74) is 1.12. The summed E-state index contributed by atoms with van der Waals surface area (Å²) in [6, 6.07) is 7.00. The Labute approximate surface area is 116 Å². The molecule has 1 aromatic carbocycles. The number of halogens is 1. The number of rotatable bonds is 5. The van der Waals surface area contributed by atoms with Crippen molar-refractivity contribution in [1.29, 1.82) is 0 Å². The molecule has 3 nitrogen and oxygen atoms in total. The number of ether oxygens (including phenoxy) is 2. The lowest BCUT2D eigenvalue weighted by molar-refractivity contribution is -0.139. The molecule has 0 saturated carbocycles. The summed E-state index contributed by atoms with van der Waals surface area (Å²) in [5, 5.41) is 0.981. The van der Waals surface area contributed by atoms with E-state index in [1.165, 1.54) is 0 Å². The van der Waals surface area contributed by atoms with E-state index in [1.807, 2.05) is 0 Å². The van der Waals surface area contributed by atoms with E-state index in [2.05, 4.69) is 6.58 Å². The van der Waals surface area contributed by atoms with Crippen molar-refractivity contribution in [3.63, 3.8) is 0 Å². The molecule has 0 aliphatic carbocycles. The van der Waals surface area contributed by atoms with Crippen LogP contribution in [0.1, 0.15) is 12.5 Å². The van der Waals surface area contributed by atoms with Crippen LogP contribution in [0.4, 0.5) is 0 Å². The minimum atomic E-state index is -0.434. The van der Waals surface area contributed by atoms with E-state index >= 15 is 0 Å².